The molecule has 0 radical (unpaired) electrons. The third-order valence-electron chi connectivity index (χ3n) is 6.24. The normalized spacial score (nSPS) is 18.1. The Morgan fingerprint density at radius 2 is 2.00 bits per heavy atom. The topological polar surface area (TPSA) is 80.8 Å². The first-order valence-electron chi connectivity index (χ1n) is 11.0. The van der Waals surface area contributed by atoms with Gasteiger partial charge in [-0.3, -0.25) is 14.6 Å². The van der Waals surface area contributed by atoms with Crippen molar-refractivity contribution in [1.29, 1.82) is 0 Å². The number of hydrogen-bond acceptors (Lipinski definition) is 7. The number of nitrogens with one attached hydrogen (secondary N) is 1. The molecule has 1 N–H and O–H groups in total. The number of pyridine rings is 1. The molecule has 0 unspecified atom stereocenters. The van der Waals surface area contributed by atoms with Crippen molar-refractivity contribution in [2.75, 3.05) is 27.2 Å². The number of aryl methyl sites for hydroxylation is 1. The number of hydrogen-bond donors (Lipinski definition) is 1. The van der Waals surface area contributed by atoms with Gasteiger partial charge >= 0.3 is 0 Å². The van der Waals surface area contributed by atoms with E-state index in [-0.39, 0.29) is 17.9 Å². The molecule has 9 heteroatoms. The van der Waals surface area contributed by atoms with Crippen LogP contribution in [0.15, 0.2) is 36.5 Å². The average molecular weight is 496 g/mol. The molecule has 1 saturated heterocycles. The molecule has 1 aromatic carbocycles. The zero-order chi connectivity index (χ0) is 24.0. The molecule has 176 valence electrons. The Bertz CT molecular complexity index is 1410. The summed E-state index contributed by atoms with van der Waals surface area (Å²) in [6.07, 6.45) is 1.75. The van der Waals surface area contributed by atoms with E-state index in [1.807, 2.05) is 42.2 Å². The number of thiophene rings is 2. The SMILES string of the molecule is CNC(=O)c1c(C)sc2cc(Oc3ccnc4cc(C(=O)N5C[C@H](C)[C@H](OC)C5)sc34)ccc12. The smallest absolute Gasteiger partial charge is 0.264 e. The summed E-state index contributed by atoms with van der Waals surface area (Å²) in [5.74, 6) is 1.53. The van der Waals surface area contributed by atoms with E-state index in [0.717, 1.165) is 25.2 Å². The number of carbonyl (C=O) groups excluding carboxylic acids is 2. The third-order valence-corrected chi connectivity index (χ3v) is 8.43. The lowest BCUT2D eigenvalue weighted by Crippen LogP contribution is -2.29. The number of likely N-dealkylation sites (tertiary alicyclic amines) is 1. The summed E-state index contributed by atoms with van der Waals surface area (Å²) in [4.78, 5) is 33.3. The van der Waals surface area contributed by atoms with Crippen LogP contribution in [-0.4, -0.2) is 55.0 Å². The Labute approximate surface area is 205 Å². The van der Waals surface area contributed by atoms with Gasteiger partial charge in [-0.15, -0.1) is 22.7 Å². The highest BCUT2D eigenvalue weighted by Gasteiger charge is 2.33. The number of methoxy groups -OCH3 is 1. The highest BCUT2D eigenvalue weighted by Crippen LogP contribution is 2.38. The van der Waals surface area contributed by atoms with Crippen LogP contribution in [0.4, 0.5) is 0 Å². The standard InChI is InChI=1S/C25H25N3O4S2/c1-13-11-28(12-19(13)31-4)25(30)21-10-17-23(34-21)18(7-8-27-17)32-15-5-6-16-20(9-15)33-14(2)22(16)24(29)26-3/h5-10,13,19H,11-12H2,1-4H3,(H,26,29)/t13-,19+/m0/s1. The number of ether oxygens (including phenoxy) is 2. The van der Waals surface area contributed by atoms with Crippen molar-refractivity contribution in [3.63, 3.8) is 0 Å². The van der Waals surface area contributed by atoms with E-state index in [9.17, 15) is 9.59 Å². The summed E-state index contributed by atoms with van der Waals surface area (Å²) in [5, 5.41) is 3.62. The first kappa shape index (κ1) is 22.8. The molecule has 4 aromatic rings. The van der Waals surface area contributed by atoms with E-state index in [1.54, 1.807) is 31.7 Å². The molecule has 3 aromatic heterocycles. The molecule has 1 aliphatic heterocycles. The first-order chi connectivity index (χ1) is 16.4. The molecule has 0 saturated carbocycles. The number of nitrogens with zero attached hydrogens (tertiary/aromatic N) is 2. The van der Waals surface area contributed by atoms with Gasteiger partial charge in [-0.2, -0.15) is 0 Å². The minimum Gasteiger partial charge on any atom is -0.456 e. The second-order valence-corrected chi connectivity index (χ2v) is 10.8. The number of aromatic nitrogens is 1. The summed E-state index contributed by atoms with van der Waals surface area (Å²) in [5.41, 5.74) is 1.44. The van der Waals surface area contributed by atoms with E-state index in [0.29, 0.717) is 40.9 Å². The van der Waals surface area contributed by atoms with Crippen molar-refractivity contribution in [3.05, 3.63) is 51.8 Å². The van der Waals surface area contributed by atoms with Gasteiger partial charge in [-0.05, 0) is 31.2 Å². The van der Waals surface area contributed by atoms with E-state index in [1.165, 1.54) is 11.3 Å². The first-order valence-corrected chi connectivity index (χ1v) is 12.7. The minimum atomic E-state index is -0.0896. The van der Waals surface area contributed by atoms with Crippen LogP contribution in [0, 0.1) is 12.8 Å². The second-order valence-electron chi connectivity index (χ2n) is 8.47. The summed E-state index contributed by atoms with van der Waals surface area (Å²) in [6.45, 7) is 5.33. The summed E-state index contributed by atoms with van der Waals surface area (Å²) >= 11 is 2.96. The molecule has 34 heavy (non-hydrogen) atoms. The van der Waals surface area contributed by atoms with Crippen LogP contribution >= 0.6 is 22.7 Å². The van der Waals surface area contributed by atoms with Gasteiger partial charge in [-0.25, -0.2) is 0 Å². The molecule has 0 spiro atoms. The molecule has 1 aliphatic rings. The molecule has 5 rings (SSSR count). The second kappa shape index (κ2) is 8.98. The Kier molecular flexibility index (Phi) is 6.01. The van der Waals surface area contributed by atoms with E-state index < -0.39 is 0 Å². The predicted molar refractivity (Wildman–Crippen MR) is 136 cm³/mol. The molecule has 0 bridgehead atoms. The summed E-state index contributed by atoms with van der Waals surface area (Å²) < 4.78 is 13.5. The summed E-state index contributed by atoms with van der Waals surface area (Å²) in [7, 11) is 3.33. The third kappa shape index (κ3) is 3.93. The van der Waals surface area contributed by atoms with Gasteiger partial charge < -0.3 is 19.7 Å². The lowest BCUT2D eigenvalue weighted by Gasteiger charge is -2.14. The van der Waals surface area contributed by atoms with Gasteiger partial charge in [0.1, 0.15) is 11.5 Å². The van der Waals surface area contributed by atoms with Gasteiger partial charge in [0.15, 0.2) is 0 Å². The number of amides is 2. The number of rotatable bonds is 5. The lowest BCUT2D eigenvalue weighted by atomic mass is 10.1. The maximum Gasteiger partial charge on any atom is 0.264 e. The minimum absolute atomic E-state index is 0.00226. The molecular formula is C25H25N3O4S2. The molecule has 1 fully saturated rings. The molecule has 7 nitrogen and oxygen atoms in total. The van der Waals surface area contributed by atoms with Crippen molar-refractivity contribution in [3.8, 4) is 11.5 Å². The van der Waals surface area contributed by atoms with Crippen LogP contribution in [0.25, 0.3) is 20.3 Å². The van der Waals surface area contributed by atoms with E-state index in [4.69, 9.17) is 9.47 Å². The van der Waals surface area contributed by atoms with Crippen molar-refractivity contribution >= 4 is 54.8 Å². The average Bonchev–Trinajstić information content (AvgIpc) is 3.52. The van der Waals surface area contributed by atoms with Gasteiger partial charge in [0.25, 0.3) is 11.8 Å². The van der Waals surface area contributed by atoms with Crippen LogP contribution < -0.4 is 10.1 Å². The van der Waals surface area contributed by atoms with Crippen LogP contribution in [0.5, 0.6) is 11.5 Å². The van der Waals surface area contributed by atoms with Crippen LogP contribution in [0.3, 0.4) is 0 Å². The quantitative estimate of drug-likeness (QED) is 0.418. The van der Waals surface area contributed by atoms with E-state index in [2.05, 4.69) is 17.2 Å². The number of fused-ring (bicyclic) bond motifs is 2. The Hall–Kier alpha value is -3.01. The fourth-order valence-electron chi connectivity index (χ4n) is 4.46. The molecule has 2 atom stereocenters. The zero-order valence-corrected chi connectivity index (χ0v) is 21.0. The van der Waals surface area contributed by atoms with Crippen molar-refractivity contribution in [2.45, 2.75) is 20.0 Å². The fourth-order valence-corrected chi connectivity index (χ4v) is 6.59. The van der Waals surface area contributed by atoms with Crippen molar-refractivity contribution < 1.29 is 19.1 Å². The zero-order valence-electron chi connectivity index (χ0n) is 19.4. The maximum atomic E-state index is 13.1. The monoisotopic (exact) mass is 495 g/mol. The molecule has 0 aliphatic carbocycles. The molecule has 2 amide bonds. The van der Waals surface area contributed by atoms with Crippen LogP contribution in [-0.2, 0) is 4.74 Å². The van der Waals surface area contributed by atoms with Gasteiger partial charge in [0.05, 0.1) is 26.8 Å². The Morgan fingerprint density at radius 1 is 1.18 bits per heavy atom. The number of carbonyl (C=O) groups is 2. The van der Waals surface area contributed by atoms with Crippen molar-refractivity contribution in [1.82, 2.24) is 15.2 Å². The lowest BCUT2D eigenvalue weighted by molar-refractivity contribution is 0.0697. The highest BCUT2D eigenvalue weighted by atomic mass is 32.1. The predicted octanol–water partition coefficient (Wildman–Crippen LogP) is 5.08. The van der Waals surface area contributed by atoms with Gasteiger partial charge in [0, 0.05) is 60.4 Å². The summed E-state index contributed by atoms with van der Waals surface area (Å²) in [6, 6.07) is 9.37. The molecule has 4 heterocycles. The Balaban J connectivity index is 1.44. The molecular weight excluding hydrogens is 470 g/mol. The van der Waals surface area contributed by atoms with Crippen LogP contribution in [0.1, 0.15) is 31.8 Å². The fraction of sp³-hybridized carbons (Fsp3) is 0.320. The maximum absolute atomic E-state index is 13.1. The van der Waals surface area contributed by atoms with E-state index >= 15 is 0 Å². The van der Waals surface area contributed by atoms with Crippen LogP contribution in [0.2, 0.25) is 0 Å². The van der Waals surface area contributed by atoms with Gasteiger partial charge in [0.2, 0.25) is 0 Å². The van der Waals surface area contributed by atoms with Gasteiger partial charge in [-0.1, -0.05) is 6.92 Å². The number of benzene rings is 1. The highest BCUT2D eigenvalue weighted by molar-refractivity contribution is 7.21. The van der Waals surface area contributed by atoms with Crippen molar-refractivity contribution in [2.24, 2.45) is 5.92 Å². The largest absolute Gasteiger partial charge is 0.456 e. The Morgan fingerprint density at radius 3 is 2.74 bits per heavy atom.